The number of nitrogens with one attached hydrogen (secondary N) is 1. The van der Waals surface area contributed by atoms with E-state index in [4.69, 9.17) is 0 Å². The lowest BCUT2D eigenvalue weighted by atomic mass is 10.1. The van der Waals surface area contributed by atoms with Gasteiger partial charge < -0.3 is 10.2 Å². The maximum absolute atomic E-state index is 4.10. The molecule has 0 aliphatic carbocycles. The molecule has 15 heavy (non-hydrogen) atoms. The van der Waals surface area contributed by atoms with E-state index in [2.05, 4.69) is 30.4 Å². The Bertz CT molecular complexity index is 205. The van der Waals surface area contributed by atoms with Gasteiger partial charge in [-0.15, -0.1) is 6.58 Å². The summed E-state index contributed by atoms with van der Waals surface area (Å²) in [7, 11) is 2.08. The first-order chi connectivity index (χ1) is 7.24. The Hall–Kier alpha value is -0.760. The molecule has 0 bridgehead atoms. The molecule has 86 valence electrons. The van der Waals surface area contributed by atoms with Crippen molar-refractivity contribution in [1.29, 1.82) is 0 Å². The maximum Gasteiger partial charge on any atom is 0.0350 e. The van der Waals surface area contributed by atoms with E-state index < -0.39 is 0 Å². The van der Waals surface area contributed by atoms with Gasteiger partial charge in [-0.25, -0.2) is 0 Å². The predicted octanol–water partition coefficient (Wildman–Crippen LogP) is 2.54. The standard InChI is InChI=1S/C13H24N2/c1-4-11-15(3)12(2)7-5-8-13-9-6-10-14-13/h4,13-14H,1-2,5-11H2,3H3. The van der Waals surface area contributed by atoms with Crippen LogP contribution >= 0.6 is 0 Å². The molecule has 0 aromatic carbocycles. The van der Waals surface area contributed by atoms with Crippen LogP contribution in [0.3, 0.4) is 0 Å². The predicted molar refractivity (Wildman–Crippen MR) is 66.8 cm³/mol. The summed E-state index contributed by atoms with van der Waals surface area (Å²) in [5.74, 6) is 0. The van der Waals surface area contributed by atoms with Gasteiger partial charge in [-0.1, -0.05) is 12.7 Å². The van der Waals surface area contributed by atoms with Crippen LogP contribution in [-0.4, -0.2) is 31.1 Å². The first-order valence-electron chi connectivity index (χ1n) is 5.97. The Labute approximate surface area is 94.0 Å². The highest BCUT2D eigenvalue weighted by Crippen LogP contribution is 2.15. The second-order valence-corrected chi connectivity index (χ2v) is 4.42. The van der Waals surface area contributed by atoms with Gasteiger partial charge in [0.25, 0.3) is 0 Å². The Morgan fingerprint density at radius 3 is 3.00 bits per heavy atom. The highest BCUT2D eigenvalue weighted by atomic mass is 15.1. The van der Waals surface area contributed by atoms with Crippen LogP contribution in [0.2, 0.25) is 0 Å². The Balaban J connectivity index is 2.07. The molecular formula is C13H24N2. The molecule has 1 saturated heterocycles. The summed E-state index contributed by atoms with van der Waals surface area (Å²) >= 11 is 0. The van der Waals surface area contributed by atoms with Crippen molar-refractivity contribution in [2.45, 2.75) is 38.1 Å². The quantitative estimate of drug-likeness (QED) is 0.647. The van der Waals surface area contributed by atoms with Crippen molar-refractivity contribution in [3.63, 3.8) is 0 Å². The van der Waals surface area contributed by atoms with Gasteiger partial charge in [-0.05, 0) is 38.6 Å². The normalized spacial score (nSPS) is 20.2. The summed E-state index contributed by atoms with van der Waals surface area (Å²) in [6, 6.07) is 0.766. The number of allylic oxidation sites excluding steroid dienone is 1. The summed E-state index contributed by atoms with van der Waals surface area (Å²) in [5.41, 5.74) is 1.23. The molecule has 0 saturated carbocycles. The van der Waals surface area contributed by atoms with E-state index in [1.165, 1.54) is 37.9 Å². The average molecular weight is 208 g/mol. The molecule has 1 aliphatic rings. The zero-order valence-corrected chi connectivity index (χ0v) is 9.97. The topological polar surface area (TPSA) is 15.3 Å². The van der Waals surface area contributed by atoms with Gasteiger partial charge in [0, 0.05) is 25.3 Å². The monoisotopic (exact) mass is 208 g/mol. The van der Waals surface area contributed by atoms with Crippen LogP contribution in [0.15, 0.2) is 24.9 Å². The zero-order valence-electron chi connectivity index (χ0n) is 9.97. The van der Waals surface area contributed by atoms with Crippen molar-refractivity contribution in [2.24, 2.45) is 0 Å². The zero-order chi connectivity index (χ0) is 11.1. The number of rotatable bonds is 7. The molecule has 0 spiro atoms. The van der Waals surface area contributed by atoms with Crippen molar-refractivity contribution >= 4 is 0 Å². The molecule has 1 unspecified atom stereocenters. The highest BCUT2D eigenvalue weighted by Gasteiger charge is 2.13. The smallest absolute Gasteiger partial charge is 0.0350 e. The number of nitrogens with zero attached hydrogens (tertiary/aromatic N) is 1. The molecule has 0 aromatic rings. The van der Waals surface area contributed by atoms with Crippen LogP contribution in [0, 0.1) is 0 Å². The fourth-order valence-corrected chi connectivity index (χ4v) is 2.07. The highest BCUT2D eigenvalue weighted by molar-refractivity contribution is 4.95. The SMILES string of the molecule is C=CCN(C)C(=C)CCCC1CCCN1. The van der Waals surface area contributed by atoms with E-state index in [9.17, 15) is 0 Å². The summed E-state index contributed by atoms with van der Waals surface area (Å²) in [4.78, 5) is 2.18. The third-order valence-corrected chi connectivity index (χ3v) is 3.12. The summed E-state index contributed by atoms with van der Waals surface area (Å²) in [6.45, 7) is 9.94. The fourth-order valence-electron chi connectivity index (χ4n) is 2.07. The lowest BCUT2D eigenvalue weighted by Crippen LogP contribution is -2.21. The number of hydrogen-bond acceptors (Lipinski definition) is 2. The van der Waals surface area contributed by atoms with Crippen molar-refractivity contribution in [1.82, 2.24) is 10.2 Å². The molecule has 1 aliphatic heterocycles. The van der Waals surface area contributed by atoms with Crippen molar-refractivity contribution in [3.8, 4) is 0 Å². The van der Waals surface area contributed by atoms with Gasteiger partial charge in [0.2, 0.25) is 0 Å². The molecule has 1 fully saturated rings. The van der Waals surface area contributed by atoms with Crippen molar-refractivity contribution < 1.29 is 0 Å². The van der Waals surface area contributed by atoms with Crippen molar-refractivity contribution in [3.05, 3.63) is 24.9 Å². The lowest BCUT2D eigenvalue weighted by molar-refractivity contribution is 0.430. The van der Waals surface area contributed by atoms with Crippen LogP contribution in [0.25, 0.3) is 0 Å². The van der Waals surface area contributed by atoms with E-state index >= 15 is 0 Å². The Kier molecular flexibility index (Phi) is 5.48. The second kappa shape index (κ2) is 6.67. The number of hydrogen-bond donors (Lipinski definition) is 1. The van der Waals surface area contributed by atoms with Gasteiger partial charge in [-0.3, -0.25) is 0 Å². The van der Waals surface area contributed by atoms with Gasteiger partial charge in [-0.2, -0.15) is 0 Å². The summed E-state index contributed by atoms with van der Waals surface area (Å²) in [5, 5.41) is 3.53. The summed E-state index contributed by atoms with van der Waals surface area (Å²) in [6.07, 6.45) is 8.28. The van der Waals surface area contributed by atoms with Crippen LogP contribution in [0.4, 0.5) is 0 Å². The lowest BCUT2D eigenvalue weighted by Gasteiger charge is -2.20. The van der Waals surface area contributed by atoms with E-state index in [0.717, 1.165) is 19.0 Å². The van der Waals surface area contributed by atoms with E-state index in [1.54, 1.807) is 0 Å². The largest absolute Gasteiger partial charge is 0.375 e. The molecule has 1 rings (SSSR count). The van der Waals surface area contributed by atoms with E-state index in [-0.39, 0.29) is 0 Å². The number of likely N-dealkylation sites (N-methyl/N-ethyl adjacent to an activating group) is 1. The van der Waals surface area contributed by atoms with Crippen LogP contribution in [0.1, 0.15) is 32.1 Å². The van der Waals surface area contributed by atoms with E-state index in [1.807, 2.05) is 6.08 Å². The first kappa shape index (κ1) is 12.3. The molecule has 2 heteroatoms. The third kappa shape index (κ3) is 4.52. The van der Waals surface area contributed by atoms with Gasteiger partial charge in [0.1, 0.15) is 0 Å². The molecule has 1 heterocycles. The fraction of sp³-hybridized carbons (Fsp3) is 0.692. The van der Waals surface area contributed by atoms with Crippen LogP contribution in [0.5, 0.6) is 0 Å². The van der Waals surface area contributed by atoms with Crippen LogP contribution in [-0.2, 0) is 0 Å². The third-order valence-electron chi connectivity index (χ3n) is 3.12. The molecule has 1 N–H and O–H groups in total. The van der Waals surface area contributed by atoms with Gasteiger partial charge in [0.15, 0.2) is 0 Å². The summed E-state index contributed by atoms with van der Waals surface area (Å²) < 4.78 is 0. The average Bonchev–Trinajstić information content (AvgIpc) is 2.71. The molecule has 0 radical (unpaired) electrons. The maximum atomic E-state index is 4.10. The molecular weight excluding hydrogens is 184 g/mol. The minimum atomic E-state index is 0.766. The Morgan fingerprint density at radius 2 is 2.40 bits per heavy atom. The minimum absolute atomic E-state index is 0.766. The van der Waals surface area contributed by atoms with Gasteiger partial charge in [0.05, 0.1) is 0 Å². The van der Waals surface area contributed by atoms with E-state index in [0.29, 0.717) is 0 Å². The minimum Gasteiger partial charge on any atom is -0.375 e. The first-order valence-corrected chi connectivity index (χ1v) is 5.97. The van der Waals surface area contributed by atoms with Crippen molar-refractivity contribution in [2.75, 3.05) is 20.1 Å². The van der Waals surface area contributed by atoms with Crippen LogP contribution < -0.4 is 5.32 Å². The molecule has 0 aromatic heterocycles. The van der Waals surface area contributed by atoms with Gasteiger partial charge >= 0.3 is 0 Å². The molecule has 2 nitrogen and oxygen atoms in total. The molecule has 0 amide bonds. The molecule has 1 atom stereocenters. The second-order valence-electron chi connectivity index (χ2n) is 4.42. The Morgan fingerprint density at radius 1 is 1.60 bits per heavy atom.